The minimum absolute atomic E-state index is 0.124. The average Bonchev–Trinajstić information content (AvgIpc) is 2.46. The minimum atomic E-state index is 0.124. The van der Waals surface area contributed by atoms with Crippen LogP contribution >= 0.6 is 0 Å². The van der Waals surface area contributed by atoms with Gasteiger partial charge in [0.05, 0.1) is 0 Å². The second kappa shape index (κ2) is 2.73. The molecule has 68 valence electrons. The molecule has 12 heavy (non-hydrogen) atoms. The van der Waals surface area contributed by atoms with Crippen LogP contribution in [-0.2, 0) is 4.79 Å². The van der Waals surface area contributed by atoms with Gasteiger partial charge in [0.2, 0.25) is 5.91 Å². The van der Waals surface area contributed by atoms with E-state index in [4.69, 9.17) is 0 Å². The highest BCUT2D eigenvalue weighted by Gasteiger charge is 2.53. The molecule has 2 fully saturated rings. The zero-order valence-electron chi connectivity index (χ0n) is 7.63. The van der Waals surface area contributed by atoms with E-state index < -0.39 is 0 Å². The summed E-state index contributed by atoms with van der Waals surface area (Å²) in [4.78, 5) is 11.3. The third kappa shape index (κ3) is 1.22. The molecule has 3 heteroatoms. The zero-order chi connectivity index (χ0) is 8.72. The Bertz CT molecular complexity index is 193. The Morgan fingerprint density at radius 2 is 2.00 bits per heavy atom. The number of nitrogens with one attached hydrogen (secondary N) is 2. The second-order valence-corrected chi connectivity index (χ2v) is 4.18. The zero-order valence-corrected chi connectivity index (χ0v) is 7.63. The molecule has 0 aromatic rings. The molecule has 1 aliphatic carbocycles. The van der Waals surface area contributed by atoms with E-state index in [0.717, 1.165) is 24.9 Å². The van der Waals surface area contributed by atoms with Gasteiger partial charge in [0, 0.05) is 25.0 Å². The molecule has 1 amide bonds. The maximum absolute atomic E-state index is 11.3. The van der Waals surface area contributed by atoms with Gasteiger partial charge in [-0.05, 0) is 11.8 Å². The number of hydrogen-bond acceptors (Lipinski definition) is 2. The lowest BCUT2D eigenvalue weighted by Gasteiger charge is -2.09. The first-order valence-electron chi connectivity index (χ1n) is 4.71. The third-order valence-corrected chi connectivity index (χ3v) is 2.92. The van der Waals surface area contributed by atoms with E-state index in [0.29, 0.717) is 6.04 Å². The fourth-order valence-electron chi connectivity index (χ4n) is 1.96. The first kappa shape index (κ1) is 8.05. The first-order valence-corrected chi connectivity index (χ1v) is 4.71. The van der Waals surface area contributed by atoms with Crippen molar-refractivity contribution in [3.63, 3.8) is 0 Å². The summed E-state index contributed by atoms with van der Waals surface area (Å²) in [6.45, 7) is 6.05. The van der Waals surface area contributed by atoms with Crippen LogP contribution in [0.2, 0.25) is 0 Å². The van der Waals surface area contributed by atoms with Crippen LogP contribution in [0.15, 0.2) is 0 Å². The molecule has 0 aromatic heterocycles. The molecule has 2 rings (SSSR count). The van der Waals surface area contributed by atoms with Crippen LogP contribution in [0.3, 0.4) is 0 Å². The molecule has 1 aliphatic heterocycles. The van der Waals surface area contributed by atoms with Crippen molar-refractivity contribution in [1.82, 2.24) is 10.6 Å². The predicted molar refractivity (Wildman–Crippen MR) is 46.6 cm³/mol. The van der Waals surface area contributed by atoms with E-state index in [-0.39, 0.29) is 11.8 Å². The summed E-state index contributed by atoms with van der Waals surface area (Å²) >= 11 is 0. The summed E-state index contributed by atoms with van der Waals surface area (Å²) in [6.07, 6.45) is 0. The Morgan fingerprint density at radius 1 is 1.42 bits per heavy atom. The molecular weight excluding hydrogens is 152 g/mol. The smallest absolute Gasteiger partial charge is 0.222 e. The van der Waals surface area contributed by atoms with Crippen LogP contribution in [0.25, 0.3) is 0 Å². The molecule has 3 atom stereocenters. The van der Waals surface area contributed by atoms with Crippen molar-refractivity contribution in [2.45, 2.75) is 19.9 Å². The van der Waals surface area contributed by atoms with Crippen LogP contribution in [0.1, 0.15) is 13.8 Å². The maximum Gasteiger partial charge on any atom is 0.222 e. The quantitative estimate of drug-likeness (QED) is 0.608. The van der Waals surface area contributed by atoms with Crippen LogP contribution < -0.4 is 10.6 Å². The van der Waals surface area contributed by atoms with Crippen molar-refractivity contribution < 1.29 is 4.79 Å². The van der Waals surface area contributed by atoms with Gasteiger partial charge in [-0.2, -0.15) is 0 Å². The average molecular weight is 168 g/mol. The number of rotatable bonds is 2. The Hall–Kier alpha value is -0.570. The van der Waals surface area contributed by atoms with Gasteiger partial charge in [-0.1, -0.05) is 13.8 Å². The largest absolute Gasteiger partial charge is 0.352 e. The monoisotopic (exact) mass is 168 g/mol. The highest BCUT2D eigenvalue weighted by Crippen LogP contribution is 2.41. The Balaban J connectivity index is 1.79. The maximum atomic E-state index is 11.3. The van der Waals surface area contributed by atoms with E-state index in [1.807, 2.05) is 13.8 Å². The van der Waals surface area contributed by atoms with Crippen molar-refractivity contribution in [2.24, 2.45) is 17.8 Å². The van der Waals surface area contributed by atoms with Gasteiger partial charge >= 0.3 is 0 Å². The molecule has 3 nitrogen and oxygen atoms in total. The van der Waals surface area contributed by atoms with Crippen molar-refractivity contribution >= 4 is 5.91 Å². The molecule has 1 heterocycles. The lowest BCUT2D eigenvalue weighted by molar-refractivity contribution is -0.124. The van der Waals surface area contributed by atoms with Gasteiger partial charge < -0.3 is 10.6 Å². The minimum Gasteiger partial charge on any atom is -0.352 e. The first-order chi connectivity index (χ1) is 5.70. The molecule has 0 aromatic carbocycles. The van der Waals surface area contributed by atoms with Crippen molar-refractivity contribution in [1.29, 1.82) is 0 Å². The molecule has 2 N–H and O–H groups in total. The molecule has 2 aliphatic rings. The summed E-state index contributed by atoms with van der Waals surface area (Å²) in [5.41, 5.74) is 0. The van der Waals surface area contributed by atoms with Crippen LogP contribution in [0.4, 0.5) is 0 Å². The molecule has 0 spiro atoms. The van der Waals surface area contributed by atoms with Crippen molar-refractivity contribution in [3.8, 4) is 0 Å². The van der Waals surface area contributed by atoms with Crippen molar-refractivity contribution in [2.75, 3.05) is 13.1 Å². The fourth-order valence-corrected chi connectivity index (χ4v) is 1.96. The molecule has 1 unspecified atom stereocenters. The van der Waals surface area contributed by atoms with Crippen LogP contribution in [0, 0.1) is 17.8 Å². The normalized spacial score (nSPS) is 38.1. The van der Waals surface area contributed by atoms with Gasteiger partial charge in [0.25, 0.3) is 0 Å². The molecular formula is C9H16N2O. The highest BCUT2D eigenvalue weighted by atomic mass is 16.1. The van der Waals surface area contributed by atoms with Crippen LogP contribution in [-0.4, -0.2) is 25.0 Å². The summed E-state index contributed by atoms with van der Waals surface area (Å²) in [6, 6.07) is 0.487. The molecule has 1 saturated heterocycles. The van der Waals surface area contributed by atoms with E-state index in [2.05, 4.69) is 10.6 Å². The summed E-state index contributed by atoms with van der Waals surface area (Å²) < 4.78 is 0. The van der Waals surface area contributed by atoms with Gasteiger partial charge in [-0.3, -0.25) is 4.79 Å². The molecule has 0 radical (unpaired) electrons. The van der Waals surface area contributed by atoms with E-state index >= 15 is 0 Å². The number of carbonyl (C=O) groups is 1. The lowest BCUT2D eigenvalue weighted by atomic mass is 10.2. The van der Waals surface area contributed by atoms with Gasteiger partial charge in [0.15, 0.2) is 0 Å². The topological polar surface area (TPSA) is 41.1 Å². The van der Waals surface area contributed by atoms with Gasteiger partial charge in [0.1, 0.15) is 0 Å². The Labute approximate surface area is 72.9 Å². The summed E-state index contributed by atoms with van der Waals surface area (Å²) in [5.74, 6) is 1.79. The lowest BCUT2D eigenvalue weighted by Crippen LogP contribution is -2.34. The van der Waals surface area contributed by atoms with E-state index in [1.54, 1.807) is 0 Å². The number of amides is 1. The summed E-state index contributed by atoms with van der Waals surface area (Å²) in [5, 5.41) is 6.38. The number of carbonyl (C=O) groups excluding carboxylic acids is 1. The fraction of sp³-hybridized carbons (Fsp3) is 0.889. The number of fused-ring (bicyclic) bond motifs is 1. The molecule has 1 saturated carbocycles. The number of hydrogen-bond donors (Lipinski definition) is 2. The van der Waals surface area contributed by atoms with E-state index in [9.17, 15) is 4.79 Å². The van der Waals surface area contributed by atoms with Gasteiger partial charge in [-0.25, -0.2) is 0 Å². The molecule has 0 bridgehead atoms. The third-order valence-electron chi connectivity index (χ3n) is 2.92. The summed E-state index contributed by atoms with van der Waals surface area (Å²) in [7, 11) is 0. The predicted octanol–water partition coefficient (Wildman–Crippen LogP) is -0.0236. The van der Waals surface area contributed by atoms with Gasteiger partial charge in [-0.15, -0.1) is 0 Å². The Morgan fingerprint density at radius 3 is 2.50 bits per heavy atom. The standard InChI is InChI=1S/C9H16N2O/c1-5(2)9(12)11-8-6-3-10-4-7(6)8/h5-8,10H,3-4H2,1-2H3,(H,11,12)/t6-,7+,8?. The second-order valence-electron chi connectivity index (χ2n) is 4.18. The SMILES string of the molecule is CC(C)C(=O)NC1[C@H]2CNC[C@@H]12. The number of piperidine rings is 1. The van der Waals surface area contributed by atoms with Crippen LogP contribution in [0.5, 0.6) is 0 Å². The Kier molecular flexibility index (Phi) is 1.83. The van der Waals surface area contributed by atoms with Crippen molar-refractivity contribution in [3.05, 3.63) is 0 Å². The van der Waals surface area contributed by atoms with E-state index in [1.165, 1.54) is 0 Å². The highest BCUT2D eigenvalue weighted by molar-refractivity contribution is 5.78.